The fraction of sp³-hybridized carbons (Fsp3) is 0.125. The van der Waals surface area contributed by atoms with Crippen LogP contribution in [0, 0.1) is 18.2 Å². The van der Waals surface area contributed by atoms with E-state index < -0.39 is 0 Å². The summed E-state index contributed by atoms with van der Waals surface area (Å²) in [5, 5.41) is 3.22. The summed E-state index contributed by atoms with van der Waals surface area (Å²) in [5.74, 6) is 2.89. The molecule has 1 N–H and O–H groups in total. The largest absolute Gasteiger partial charge is 0.479 e. The molecule has 0 saturated carbocycles. The lowest BCUT2D eigenvalue weighted by atomic mass is 10.2. The number of benzene rings is 2. The molecular formula is C16H12Br2FNO. The molecule has 108 valence electrons. The fourth-order valence-corrected chi connectivity index (χ4v) is 3.21. The lowest BCUT2D eigenvalue weighted by molar-refractivity contribution is 0.364. The molecule has 0 fully saturated rings. The minimum absolute atomic E-state index is 0.198. The summed E-state index contributed by atoms with van der Waals surface area (Å²) in [6, 6.07) is 10.0. The Bertz CT molecular complexity index is 665. The zero-order valence-corrected chi connectivity index (χ0v) is 14.2. The van der Waals surface area contributed by atoms with Gasteiger partial charge >= 0.3 is 0 Å². The van der Waals surface area contributed by atoms with E-state index in [2.05, 4.69) is 43.1 Å². The number of halogens is 3. The van der Waals surface area contributed by atoms with Crippen LogP contribution in [0.5, 0.6) is 5.75 Å². The van der Waals surface area contributed by atoms with Crippen LogP contribution in [0.4, 0.5) is 10.1 Å². The van der Waals surface area contributed by atoms with Gasteiger partial charge in [0.25, 0.3) is 0 Å². The quantitative estimate of drug-likeness (QED) is 0.699. The third-order valence-electron chi connectivity index (χ3n) is 2.71. The number of terminal acetylenes is 1. The second-order valence-corrected chi connectivity index (χ2v) is 6.00. The minimum atomic E-state index is -0.260. The summed E-state index contributed by atoms with van der Waals surface area (Å²) >= 11 is 6.91. The normalized spacial score (nSPS) is 10.0. The van der Waals surface area contributed by atoms with Crippen molar-refractivity contribution in [1.82, 2.24) is 0 Å². The average Bonchev–Trinajstić information content (AvgIpc) is 2.45. The van der Waals surface area contributed by atoms with Crippen LogP contribution in [0.2, 0.25) is 0 Å². The molecule has 0 aromatic heterocycles. The lowest BCUT2D eigenvalue weighted by Gasteiger charge is -2.14. The number of rotatable bonds is 5. The molecule has 2 aromatic carbocycles. The highest BCUT2D eigenvalue weighted by molar-refractivity contribution is 9.11. The van der Waals surface area contributed by atoms with E-state index >= 15 is 0 Å². The van der Waals surface area contributed by atoms with Gasteiger partial charge in [-0.3, -0.25) is 0 Å². The Morgan fingerprint density at radius 2 is 1.90 bits per heavy atom. The van der Waals surface area contributed by atoms with Gasteiger partial charge in [0, 0.05) is 22.3 Å². The smallest absolute Gasteiger partial charge is 0.148 e. The summed E-state index contributed by atoms with van der Waals surface area (Å²) in [4.78, 5) is 0. The van der Waals surface area contributed by atoms with E-state index in [-0.39, 0.29) is 12.4 Å². The number of nitrogens with one attached hydrogen (secondary N) is 1. The van der Waals surface area contributed by atoms with Gasteiger partial charge < -0.3 is 10.1 Å². The Morgan fingerprint density at radius 3 is 2.57 bits per heavy atom. The molecule has 2 rings (SSSR count). The first kappa shape index (κ1) is 15.9. The Labute approximate surface area is 140 Å². The van der Waals surface area contributed by atoms with E-state index in [1.807, 2.05) is 12.1 Å². The van der Waals surface area contributed by atoms with Crippen molar-refractivity contribution >= 4 is 37.5 Å². The molecule has 0 heterocycles. The molecule has 21 heavy (non-hydrogen) atoms. The maximum absolute atomic E-state index is 12.9. The molecule has 5 heteroatoms. The molecule has 0 radical (unpaired) electrons. The molecule has 2 aromatic rings. The fourth-order valence-electron chi connectivity index (χ4n) is 1.79. The van der Waals surface area contributed by atoms with E-state index in [0.29, 0.717) is 12.3 Å². The summed E-state index contributed by atoms with van der Waals surface area (Å²) in [6.45, 7) is 0.730. The van der Waals surface area contributed by atoms with Gasteiger partial charge in [0.1, 0.15) is 18.2 Å². The highest BCUT2D eigenvalue weighted by Crippen LogP contribution is 2.33. The SMILES string of the molecule is C#CCOc1c(Br)cc(Br)cc1CNc1ccc(F)cc1. The van der Waals surface area contributed by atoms with Crippen LogP contribution in [0.25, 0.3) is 0 Å². The third kappa shape index (κ3) is 4.48. The Balaban J connectivity index is 2.18. The summed E-state index contributed by atoms with van der Waals surface area (Å²) in [6.07, 6.45) is 5.23. The summed E-state index contributed by atoms with van der Waals surface area (Å²) in [7, 11) is 0. The molecule has 0 aliphatic carbocycles. The summed E-state index contributed by atoms with van der Waals surface area (Å²) < 4.78 is 20.2. The summed E-state index contributed by atoms with van der Waals surface area (Å²) in [5.41, 5.74) is 1.77. The van der Waals surface area contributed by atoms with Gasteiger partial charge in [-0.15, -0.1) is 6.42 Å². The molecule has 0 aliphatic rings. The molecule has 0 atom stereocenters. The second kappa shape index (κ2) is 7.48. The molecule has 0 saturated heterocycles. The van der Waals surface area contributed by atoms with Gasteiger partial charge in [-0.05, 0) is 52.3 Å². The van der Waals surface area contributed by atoms with Crippen molar-refractivity contribution < 1.29 is 9.13 Å². The highest BCUT2D eigenvalue weighted by atomic mass is 79.9. The zero-order chi connectivity index (χ0) is 15.2. The van der Waals surface area contributed by atoms with Crippen molar-refractivity contribution in [1.29, 1.82) is 0 Å². The molecule has 2 nitrogen and oxygen atoms in total. The highest BCUT2D eigenvalue weighted by Gasteiger charge is 2.10. The minimum Gasteiger partial charge on any atom is -0.479 e. The van der Waals surface area contributed by atoms with Gasteiger partial charge in [0.15, 0.2) is 0 Å². The van der Waals surface area contributed by atoms with Crippen molar-refractivity contribution in [3.8, 4) is 18.1 Å². The molecule has 0 amide bonds. The Morgan fingerprint density at radius 1 is 1.19 bits per heavy atom. The molecule has 0 aliphatic heterocycles. The van der Waals surface area contributed by atoms with E-state index in [0.717, 1.165) is 20.2 Å². The van der Waals surface area contributed by atoms with Gasteiger partial charge in [0.05, 0.1) is 4.47 Å². The van der Waals surface area contributed by atoms with Gasteiger partial charge in [-0.25, -0.2) is 4.39 Å². The standard InChI is InChI=1S/C16H12Br2FNO/c1-2-7-21-16-11(8-12(17)9-15(16)18)10-20-14-5-3-13(19)4-6-14/h1,3-6,8-9,20H,7,10H2. The number of hydrogen-bond acceptors (Lipinski definition) is 2. The predicted molar refractivity (Wildman–Crippen MR) is 89.9 cm³/mol. The molecule has 0 unspecified atom stereocenters. The first-order chi connectivity index (χ1) is 10.1. The lowest BCUT2D eigenvalue weighted by Crippen LogP contribution is -2.04. The number of ether oxygens (including phenoxy) is 1. The monoisotopic (exact) mass is 411 g/mol. The van der Waals surface area contributed by atoms with Crippen LogP contribution in [-0.2, 0) is 6.54 Å². The predicted octanol–water partition coefficient (Wildman–Crippen LogP) is 4.97. The van der Waals surface area contributed by atoms with E-state index in [9.17, 15) is 4.39 Å². The van der Waals surface area contributed by atoms with E-state index in [1.54, 1.807) is 12.1 Å². The zero-order valence-electron chi connectivity index (χ0n) is 11.0. The topological polar surface area (TPSA) is 21.3 Å². The molecule has 0 bridgehead atoms. The van der Waals surface area contributed by atoms with Crippen molar-refractivity contribution in [3.63, 3.8) is 0 Å². The Kier molecular flexibility index (Phi) is 5.66. The Hall–Kier alpha value is -1.51. The van der Waals surface area contributed by atoms with E-state index in [4.69, 9.17) is 11.2 Å². The maximum atomic E-state index is 12.9. The second-order valence-electron chi connectivity index (χ2n) is 4.23. The van der Waals surface area contributed by atoms with Gasteiger partial charge in [-0.1, -0.05) is 21.9 Å². The van der Waals surface area contributed by atoms with E-state index in [1.165, 1.54) is 12.1 Å². The molecule has 0 spiro atoms. The number of hydrogen-bond donors (Lipinski definition) is 1. The van der Waals surface area contributed by atoms with Crippen molar-refractivity contribution in [2.45, 2.75) is 6.54 Å². The number of anilines is 1. The van der Waals surface area contributed by atoms with Crippen LogP contribution in [0.15, 0.2) is 45.3 Å². The van der Waals surface area contributed by atoms with Gasteiger partial charge in [0.2, 0.25) is 0 Å². The first-order valence-electron chi connectivity index (χ1n) is 6.14. The molecular weight excluding hydrogens is 401 g/mol. The van der Waals surface area contributed by atoms with Crippen molar-refractivity contribution in [2.75, 3.05) is 11.9 Å². The maximum Gasteiger partial charge on any atom is 0.148 e. The van der Waals surface area contributed by atoms with Crippen LogP contribution in [0.3, 0.4) is 0 Å². The van der Waals surface area contributed by atoms with Crippen molar-refractivity contribution in [3.05, 3.63) is 56.7 Å². The van der Waals surface area contributed by atoms with Crippen LogP contribution >= 0.6 is 31.9 Å². The van der Waals surface area contributed by atoms with Gasteiger partial charge in [-0.2, -0.15) is 0 Å². The van der Waals surface area contributed by atoms with Crippen LogP contribution in [-0.4, -0.2) is 6.61 Å². The average molecular weight is 413 g/mol. The van der Waals surface area contributed by atoms with Crippen LogP contribution < -0.4 is 10.1 Å². The first-order valence-corrected chi connectivity index (χ1v) is 7.72. The van der Waals surface area contributed by atoms with Crippen molar-refractivity contribution in [2.24, 2.45) is 0 Å². The van der Waals surface area contributed by atoms with Crippen LogP contribution in [0.1, 0.15) is 5.56 Å². The third-order valence-corrected chi connectivity index (χ3v) is 3.76.